The third-order valence-corrected chi connectivity index (χ3v) is 11.7. The summed E-state index contributed by atoms with van der Waals surface area (Å²) in [6.07, 6.45) is 67.6. The molecule has 6 nitrogen and oxygen atoms in total. The minimum Gasteiger partial charge on any atom is -0.462 e. The maximum atomic E-state index is 12.8. The Hall–Kier alpha value is -3.15. The first-order valence-electron chi connectivity index (χ1n) is 27.4. The van der Waals surface area contributed by atoms with Gasteiger partial charge in [-0.1, -0.05) is 235 Å². The molecule has 0 aromatic heterocycles. The zero-order valence-electron chi connectivity index (χ0n) is 42.7. The molecule has 0 spiro atoms. The van der Waals surface area contributed by atoms with Gasteiger partial charge in [-0.3, -0.25) is 14.4 Å². The van der Waals surface area contributed by atoms with Gasteiger partial charge in [0.05, 0.1) is 0 Å². The van der Waals surface area contributed by atoms with E-state index in [0.29, 0.717) is 19.3 Å². The van der Waals surface area contributed by atoms with E-state index in [1.54, 1.807) is 0 Å². The highest BCUT2D eigenvalue weighted by Gasteiger charge is 2.19. The van der Waals surface area contributed by atoms with Crippen LogP contribution in [0.25, 0.3) is 0 Å². The lowest BCUT2D eigenvalue weighted by molar-refractivity contribution is -0.167. The summed E-state index contributed by atoms with van der Waals surface area (Å²) < 4.78 is 16.7. The number of carbonyl (C=O) groups is 3. The average molecular weight is 907 g/mol. The summed E-state index contributed by atoms with van der Waals surface area (Å²) in [5.41, 5.74) is 0. The largest absolute Gasteiger partial charge is 0.462 e. The van der Waals surface area contributed by atoms with Gasteiger partial charge in [0.1, 0.15) is 13.2 Å². The number of hydrogen-bond acceptors (Lipinski definition) is 6. The quantitative estimate of drug-likeness (QED) is 0.0262. The number of carbonyl (C=O) groups excluding carboxylic acids is 3. The highest BCUT2D eigenvalue weighted by atomic mass is 16.6. The summed E-state index contributed by atoms with van der Waals surface area (Å²) in [6.45, 7) is 6.55. The first-order valence-corrected chi connectivity index (χ1v) is 27.4. The monoisotopic (exact) mass is 907 g/mol. The van der Waals surface area contributed by atoms with Crippen LogP contribution in [0.15, 0.2) is 72.9 Å². The van der Waals surface area contributed by atoms with Crippen LogP contribution in [0.3, 0.4) is 0 Å². The van der Waals surface area contributed by atoms with Gasteiger partial charge >= 0.3 is 17.9 Å². The van der Waals surface area contributed by atoms with E-state index in [9.17, 15) is 14.4 Å². The Labute approximate surface area is 402 Å². The molecule has 0 rings (SSSR count). The molecule has 0 aromatic carbocycles. The molecule has 0 aliphatic rings. The van der Waals surface area contributed by atoms with E-state index >= 15 is 0 Å². The van der Waals surface area contributed by atoms with Gasteiger partial charge in [0, 0.05) is 19.3 Å². The van der Waals surface area contributed by atoms with E-state index in [1.807, 2.05) is 0 Å². The zero-order valence-corrected chi connectivity index (χ0v) is 42.7. The first-order chi connectivity index (χ1) is 32.0. The van der Waals surface area contributed by atoms with Crippen molar-refractivity contribution in [2.45, 2.75) is 271 Å². The molecule has 0 saturated carbocycles. The Morgan fingerprint density at radius 2 is 0.569 bits per heavy atom. The van der Waals surface area contributed by atoms with Crippen LogP contribution in [0.2, 0.25) is 0 Å². The predicted molar refractivity (Wildman–Crippen MR) is 279 cm³/mol. The van der Waals surface area contributed by atoms with Gasteiger partial charge < -0.3 is 14.2 Å². The maximum absolute atomic E-state index is 12.8. The molecule has 0 amide bonds. The molecule has 0 aliphatic carbocycles. The molecule has 0 unspecified atom stereocenters. The van der Waals surface area contributed by atoms with Crippen molar-refractivity contribution in [2.75, 3.05) is 13.2 Å². The van der Waals surface area contributed by atoms with Gasteiger partial charge in [0.15, 0.2) is 6.10 Å². The molecule has 374 valence electrons. The minimum atomic E-state index is -0.813. The zero-order chi connectivity index (χ0) is 47.2. The van der Waals surface area contributed by atoms with Gasteiger partial charge in [-0.2, -0.15) is 0 Å². The van der Waals surface area contributed by atoms with Crippen molar-refractivity contribution in [1.82, 2.24) is 0 Å². The Balaban J connectivity index is 4.51. The fourth-order valence-electron chi connectivity index (χ4n) is 7.53. The number of unbranched alkanes of at least 4 members (excludes halogenated alkanes) is 26. The van der Waals surface area contributed by atoms with Crippen LogP contribution in [-0.2, 0) is 28.6 Å². The predicted octanol–water partition coefficient (Wildman–Crippen LogP) is 18.2. The van der Waals surface area contributed by atoms with Crippen LogP contribution in [0.5, 0.6) is 0 Å². The fraction of sp³-hybridized carbons (Fsp3) is 0.746. The molecular formula is C59H102O6. The number of allylic oxidation sites excluding steroid dienone is 12. The SMILES string of the molecule is CCCCCCCC/C=C\C/C=C\C/C=C\CCCC(=O)OCC(COC(=O)CCC/C=C\C/C=C\C/C=C\CCCCCCCC)OC(=O)CCCCCCCCCCCCCCC. The highest BCUT2D eigenvalue weighted by Crippen LogP contribution is 2.15. The van der Waals surface area contributed by atoms with E-state index in [1.165, 1.54) is 154 Å². The van der Waals surface area contributed by atoms with Gasteiger partial charge in [0.25, 0.3) is 0 Å². The van der Waals surface area contributed by atoms with Crippen LogP contribution in [0.1, 0.15) is 265 Å². The second kappa shape index (κ2) is 53.5. The standard InChI is InChI=1S/C59H102O6/c1-4-7-10-13-16-19-22-25-27-29-31-34-36-39-42-45-48-51-57(60)63-54-56(65-59(62)53-50-47-44-41-38-33-24-21-18-15-12-9-6-3)55-64-58(61)52-49-46-43-40-37-35-32-30-28-26-23-20-17-14-11-8-5-2/h25-28,31-32,34-35,39-40,42-43,56H,4-24,29-30,33,36-38,41,44-55H2,1-3H3/b27-25-,28-26-,34-31-,35-32-,42-39-,43-40-. The molecule has 0 aliphatic heterocycles. The Morgan fingerprint density at radius 3 is 0.908 bits per heavy atom. The van der Waals surface area contributed by atoms with Crippen LogP contribution in [0, 0.1) is 0 Å². The lowest BCUT2D eigenvalue weighted by Crippen LogP contribution is -2.30. The van der Waals surface area contributed by atoms with E-state index in [2.05, 4.69) is 93.7 Å². The van der Waals surface area contributed by atoms with Gasteiger partial charge in [-0.05, 0) is 83.5 Å². The van der Waals surface area contributed by atoms with Gasteiger partial charge in [-0.25, -0.2) is 0 Å². The van der Waals surface area contributed by atoms with Crippen LogP contribution in [0.4, 0.5) is 0 Å². The molecule has 0 bridgehead atoms. The molecule has 0 fully saturated rings. The summed E-state index contributed by atoms with van der Waals surface area (Å²) >= 11 is 0. The Bertz CT molecular complexity index is 1150. The van der Waals surface area contributed by atoms with Crippen molar-refractivity contribution in [3.05, 3.63) is 72.9 Å². The van der Waals surface area contributed by atoms with Crippen LogP contribution < -0.4 is 0 Å². The normalized spacial score (nSPS) is 12.2. The molecule has 0 atom stereocenters. The number of ether oxygens (including phenoxy) is 3. The molecule has 0 saturated heterocycles. The lowest BCUT2D eigenvalue weighted by Gasteiger charge is -2.18. The molecule has 65 heavy (non-hydrogen) atoms. The van der Waals surface area contributed by atoms with Gasteiger partial charge in [0.2, 0.25) is 0 Å². The van der Waals surface area contributed by atoms with Crippen molar-refractivity contribution < 1.29 is 28.6 Å². The van der Waals surface area contributed by atoms with Crippen LogP contribution in [-0.4, -0.2) is 37.2 Å². The first kappa shape index (κ1) is 61.9. The van der Waals surface area contributed by atoms with E-state index in [4.69, 9.17) is 14.2 Å². The van der Waals surface area contributed by atoms with Crippen molar-refractivity contribution >= 4 is 17.9 Å². The van der Waals surface area contributed by atoms with E-state index < -0.39 is 6.10 Å². The molecule has 0 aromatic rings. The molecule has 0 N–H and O–H groups in total. The highest BCUT2D eigenvalue weighted by molar-refractivity contribution is 5.71. The maximum Gasteiger partial charge on any atom is 0.306 e. The molecular weight excluding hydrogens is 805 g/mol. The number of esters is 3. The summed E-state index contributed by atoms with van der Waals surface area (Å²) in [5.74, 6) is -1.01. The topological polar surface area (TPSA) is 78.9 Å². The number of rotatable bonds is 49. The summed E-state index contributed by atoms with van der Waals surface area (Å²) in [6, 6.07) is 0. The minimum absolute atomic E-state index is 0.115. The summed E-state index contributed by atoms with van der Waals surface area (Å²) in [4.78, 5) is 38.0. The van der Waals surface area contributed by atoms with Gasteiger partial charge in [-0.15, -0.1) is 0 Å². The number of hydrogen-bond donors (Lipinski definition) is 0. The van der Waals surface area contributed by atoms with E-state index in [0.717, 1.165) is 57.8 Å². The smallest absolute Gasteiger partial charge is 0.306 e. The average Bonchev–Trinajstić information content (AvgIpc) is 3.30. The lowest BCUT2D eigenvalue weighted by atomic mass is 10.0. The van der Waals surface area contributed by atoms with Crippen molar-refractivity contribution in [2.24, 2.45) is 0 Å². The Morgan fingerprint density at radius 1 is 0.308 bits per heavy atom. The third kappa shape index (κ3) is 51.7. The summed E-state index contributed by atoms with van der Waals surface area (Å²) in [5, 5.41) is 0. The third-order valence-electron chi connectivity index (χ3n) is 11.7. The van der Waals surface area contributed by atoms with Crippen molar-refractivity contribution in [3.8, 4) is 0 Å². The molecule has 6 heteroatoms. The van der Waals surface area contributed by atoms with Crippen LogP contribution >= 0.6 is 0 Å². The van der Waals surface area contributed by atoms with E-state index in [-0.39, 0.29) is 44.0 Å². The second-order valence-electron chi connectivity index (χ2n) is 18.1. The second-order valence-corrected chi connectivity index (χ2v) is 18.1. The summed E-state index contributed by atoms with van der Waals surface area (Å²) in [7, 11) is 0. The Kier molecular flexibility index (Phi) is 50.9. The van der Waals surface area contributed by atoms with Crippen molar-refractivity contribution in [1.29, 1.82) is 0 Å². The molecule has 0 heterocycles. The fourth-order valence-corrected chi connectivity index (χ4v) is 7.53. The molecule has 0 radical (unpaired) electrons. The van der Waals surface area contributed by atoms with Crippen molar-refractivity contribution in [3.63, 3.8) is 0 Å².